The summed E-state index contributed by atoms with van der Waals surface area (Å²) in [5, 5.41) is 0. The molecule has 6 aromatic carbocycles. The number of rotatable bonds is 6. The van der Waals surface area contributed by atoms with E-state index in [1.165, 1.54) is 44.5 Å². The van der Waals surface area contributed by atoms with Crippen molar-refractivity contribution in [2.45, 2.75) is 0 Å². The Bertz CT molecular complexity index is 1510. The van der Waals surface area contributed by atoms with Crippen LogP contribution in [0, 0.1) is 0 Å². The molecule has 1 nitrogen and oxygen atoms in total. The minimum Gasteiger partial charge on any atom is -0.345 e. The molecule has 0 saturated heterocycles. The molecule has 0 spiro atoms. The Morgan fingerprint density at radius 3 is 0.868 bits per heavy atom. The van der Waals surface area contributed by atoms with Crippen molar-refractivity contribution in [3.05, 3.63) is 158 Å². The summed E-state index contributed by atoms with van der Waals surface area (Å²) >= 11 is 0. The standard InChI is InChI=1S/C37H29N/c1-38(32-24-20-30(21-25-32)36-18-10-8-16-34(36)28-12-4-2-5-13-28)33-26-22-31(23-27-33)37-19-11-9-17-35(37)29-14-6-3-7-15-29/h2-27H,1H3. The van der Waals surface area contributed by atoms with Crippen molar-refractivity contribution in [3.63, 3.8) is 0 Å². The molecule has 0 aromatic heterocycles. The smallest absolute Gasteiger partial charge is 0.0408 e. The minimum absolute atomic E-state index is 1.16. The number of anilines is 2. The Kier molecular flexibility index (Phi) is 6.57. The molecule has 0 saturated carbocycles. The van der Waals surface area contributed by atoms with Crippen molar-refractivity contribution >= 4 is 11.4 Å². The predicted octanol–water partition coefficient (Wildman–Crippen LogP) is 10.1. The maximum atomic E-state index is 2.24. The molecule has 6 aromatic rings. The Morgan fingerprint density at radius 2 is 0.553 bits per heavy atom. The fourth-order valence-electron chi connectivity index (χ4n) is 5.09. The molecule has 0 aliphatic rings. The van der Waals surface area contributed by atoms with Gasteiger partial charge in [0.2, 0.25) is 0 Å². The van der Waals surface area contributed by atoms with Crippen molar-refractivity contribution in [1.82, 2.24) is 0 Å². The fraction of sp³-hybridized carbons (Fsp3) is 0.0270. The van der Waals surface area contributed by atoms with Crippen molar-refractivity contribution < 1.29 is 0 Å². The van der Waals surface area contributed by atoms with Crippen LogP contribution in [0.25, 0.3) is 44.5 Å². The largest absolute Gasteiger partial charge is 0.345 e. The van der Waals surface area contributed by atoms with E-state index < -0.39 is 0 Å². The first-order valence-electron chi connectivity index (χ1n) is 13.0. The lowest BCUT2D eigenvalue weighted by Crippen LogP contribution is -2.09. The molecular weight excluding hydrogens is 458 g/mol. The van der Waals surface area contributed by atoms with Gasteiger partial charge in [0.1, 0.15) is 0 Å². The summed E-state index contributed by atoms with van der Waals surface area (Å²) in [5.41, 5.74) is 12.2. The Morgan fingerprint density at radius 1 is 0.289 bits per heavy atom. The molecule has 0 amide bonds. The summed E-state index contributed by atoms with van der Waals surface area (Å²) in [5.74, 6) is 0. The van der Waals surface area contributed by atoms with Crippen molar-refractivity contribution in [2.24, 2.45) is 0 Å². The van der Waals surface area contributed by atoms with Crippen molar-refractivity contribution in [3.8, 4) is 44.5 Å². The van der Waals surface area contributed by atoms with E-state index in [0.717, 1.165) is 11.4 Å². The lowest BCUT2D eigenvalue weighted by Gasteiger charge is -2.21. The average Bonchev–Trinajstić information content (AvgIpc) is 3.02. The highest BCUT2D eigenvalue weighted by Crippen LogP contribution is 2.35. The SMILES string of the molecule is CN(c1ccc(-c2ccccc2-c2ccccc2)cc1)c1ccc(-c2ccccc2-c2ccccc2)cc1. The molecule has 0 aliphatic heterocycles. The zero-order valence-electron chi connectivity index (χ0n) is 21.5. The van der Waals surface area contributed by atoms with Crippen LogP contribution in [0.15, 0.2) is 158 Å². The van der Waals surface area contributed by atoms with Crippen LogP contribution in [0.2, 0.25) is 0 Å². The van der Waals surface area contributed by atoms with Gasteiger partial charge in [-0.15, -0.1) is 0 Å². The lowest BCUT2D eigenvalue weighted by atomic mass is 9.94. The molecule has 0 heterocycles. The van der Waals surface area contributed by atoms with Gasteiger partial charge in [-0.1, -0.05) is 133 Å². The Labute approximate surface area is 225 Å². The number of benzene rings is 6. The molecule has 6 rings (SSSR count). The molecule has 0 radical (unpaired) electrons. The first-order chi connectivity index (χ1) is 18.8. The van der Waals surface area contributed by atoms with Gasteiger partial charge < -0.3 is 4.90 Å². The van der Waals surface area contributed by atoms with Crippen LogP contribution >= 0.6 is 0 Å². The van der Waals surface area contributed by atoms with E-state index in [0.29, 0.717) is 0 Å². The van der Waals surface area contributed by atoms with Crippen LogP contribution in [0.4, 0.5) is 11.4 Å². The zero-order valence-corrected chi connectivity index (χ0v) is 21.5. The molecule has 182 valence electrons. The molecule has 0 bridgehead atoms. The summed E-state index contributed by atoms with van der Waals surface area (Å²) < 4.78 is 0. The third-order valence-electron chi connectivity index (χ3n) is 7.15. The average molecular weight is 488 g/mol. The quantitative estimate of drug-likeness (QED) is 0.226. The van der Waals surface area contributed by atoms with Crippen molar-refractivity contribution in [1.29, 1.82) is 0 Å². The first kappa shape index (κ1) is 23.5. The molecule has 38 heavy (non-hydrogen) atoms. The Hall–Kier alpha value is -4.88. The van der Waals surface area contributed by atoms with Crippen molar-refractivity contribution in [2.75, 3.05) is 11.9 Å². The summed E-state index contributed by atoms with van der Waals surface area (Å²) in [4.78, 5) is 2.24. The van der Waals surface area contributed by atoms with Crippen LogP contribution in [0.5, 0.6) is 0 Å². The molecule has 0 aliphatic carbocycles. The van der Waals surface area contributed by atoms with Gasteiger partial charge in [0.25, 0.3) is 0 Å². The van der Waals surface area contributed by atoms with Gasteiger partial charge >= 0.3 is 0 Å². The van der Waals surface area contributed by atoms with E-state index in [-0.39, 0.29) is 0 Å². The maximum Gasteiger partial charge on any atom is 0.0408 e. The molecule has 1 heteroatoms. The summed E-state index contributed by atoms with van der Waals surface area (Å²) in [6.45, 7) is 0. The van der Waals surface area contributed by atoms with Gasteiger partial charge in [-0.3, -0.25) is 0 Å². The summed E-state index contributed by atoms with van der Waals surface area (Å²) in [6, 6.07) is 56.1. The second kappa shape index (κ2) is 10.6. The molecule has 0 atom stereocenters. The molecule has 0 unspecified atom stereocenters. The van der Waals surface area contributed by atoms with Gasteiger partial charge in [-0.05, 0) is 68.8 Å². The maximum absolute atomic E-state index is 2.24. The van der Waals surface area contributed by atoms with E-state index in [4.69, 9.17) is 0 Å². The van der Waals surface area contributed by atoms with E-state index in [2.05, 4.69) is 170 Å². The van der Waals surface area contributed by atoms with Gasteiger partial charge in [0, 0.05) is 18.4 Å². The molecule has 0 fully saturated rings. The highest BCUT2D eigenvalue weighted by Gasteiger charge is 2.10. The fourth-order valence-corrected chi connectivity index (χ4v) is 5.09. The van der Waals surface area contributed by atoms with Crippen LogP contribution in [0.1, 0.15) is 0 Å². The summed E-state index contributed by atoms with van der Waals surface area (Å²) in [7, 11) is 2.12. The predicted molar refractivity (Wildman–Crippen MR) is 163 cm³/mol. The van der Waals surface area contributed by atoms with Gasteiger partial charge in [-0.2, -0.15) is 0 Å². The second-order valence-corrected chi connectivity index (χ2v) is 9.48. The van der Waals surface area contributed by atoms with E-state index in [1.807, 2.05) is 0 Å². The lowest BCUT2D eigenvalue weighted by molar-refractivity contribution is 1.21. The summed E-state index contributed by atoms with van der Waals surface area (Å²) in [6.07, 6.45) is 0. The highest BCUT2D eigenvalue weighted by molar-refractivity contribution is 5.85. The monoisotopic (exact) mass is 487 g/mol. The van der Waals surface area contributed by atoms with Gasteiger partial charge in [-0.25, -0.2) is 0 Å². The zero-order chi connectivity index (χ0) is 25.7. The normalized spacial score (nSPS) is 10.8. The van der Waals surface area contributed by atoms with Crippen LogP contribution in [0.3, 0.4) is 0 Å². The minimum atomic E-state index is 1.16. The van der Waals surface area contributed by atoms with Crippen LogP contribution < -0.4 is 4.90 Å². The van der Waals surface area contributed by atoms with E-state index in [1.54, 1.807) is 0 Å². The third kappa shape index (κ3) is 4.75. The highest BCUT2D eigenvalue weighted by atomic mass is 15.1. The number of hydrogen-bond acceptors (Lipinski definition) is 1. The van der Waals surface area contributed by atoms with E-state index in [9.17, 15) is 0 Å². The van der Waals surface area contributed by atoms with Gasteiger partial charge in [0.05, 0.1) is 0 Å². The molecular formula is C37H29N. The number of nitrogens with zero attached hydrogens (tertiary/aromatic N) is 1. The molecule has 0 N–H and O–H groups in total. The third-order valence-corrected chi connectivity index (χ3v) is 7.15. The van der Waals surface area contributed by atoms with Gasteiger partial charge in [0.15, 0.2) is 0 Å². The number of hydrogen-bond donors (Lipinski definition) is 0. The topological polar surface area (TPSA) is 3.24 Å². The van der Waals surface area contributed by atoms with Crippen LogP contribution in [-0.2, 0) is 0 Å². The Balaban J connectivity index is 1.25. The van der Waals surface area contributed by atoms with Crippen LogP contribution in [-0.4, -0.2) is 7.05 Å². The first-order valence-corrected chi connectivity index (χ1v) is 13.0. The van der Waals surface area contributed by atoms with E-state index >= 15 is 0 Å². The second-order valence-electron chi connectivity index (χ2n) is 9.48.